The fraction of sp³-hybridized carbons (Fsp3) is 0.231. The van der Waals surface area contributed by atoms with Crippen molar-refractivity contribution in [3.05, 3.63) is 30.3 Å². The van der Waals surface area contributed by atoms with Gasteiger partial charge in [0.1, 0.15) is 4.90 Å². The fourth-order valence-electron chi connectivity index (χ4n) is 2.50. The molecule has 0 aliphatic heterocycles. The molecule has 0 fully saturated rings. The van der Waals surface area contributed by atoms with Crippen molar-refractivity contribution in [2.45, 2.75) is 4.90 Å². The predicted octanol–water partition coefficient (Wildman–Crippen LogP) is -0.498. The number of hydrogen-bond acceptors (Lipinski definition) is 9. The van der Waals surface area contributed by atoms with Crippen LogP contribution in [0.1, 0.15) is 0 Å². The molecule has 0 spiro atoms. The van der Waals surface area contributed by atoms with E-state index < -0.39 is 50.9 Å². The van der Waals surface area contributed by atoms with Gasteiger partial charge in [-0.15, -0.1) is 0 Å². The van der Waals surface area contributed by atoms with Crippen LogP contribution in [0.25, 0.3) is 10.8 Å². The average Bonchev–Trinajstić information content (AvgIpc) is 2.42. The second kappa shape index (κ2) is 8.30. The summed E-state index contributed by atoms with van der Waals surface area (Å²) in [6.45, 7) is 0. The van der Waals surface area contributed by atoms with Gasteiger partial charge in [-0.25, -0.2) is 16.8 Å². The van der Waals surface area contributed by atoms with E-state index in [4.69, 9.17) is 4.18 Å². The third kappa shape index (κ3) is 6.04. The minimum absolute atomic E-state index is 0. The zero-order chi connectivity index (χ0) is 21.7. The molecule has 0 radical (unpaired) electrons. The zero-order valence-electron chi connectivity index (χ0n) is 14.6. The maximum atomic E-state index is 12.0. The molecule has 0 saturated heterocycles. The Morgan fingerprint density at radius 1 is 0.793 bits per heavy atom. The molecule has 2 aromatic carbocycles. The molecule has 0 bridgehead atoms. The molecule has 16 heteroatoms. The van der Waals surface area contributed by atoms with Crippen molar-refractivity contribution in [3.63, 3.8) is 0 Å². The molecule has 0 amide bonds. The van der Waals surface area contributed by atoms with Gasteiger partial charge in [0.15, 0.2) is 5.75 Å². The Hall–Kier alpha value is -0.940. The van der Waals surface area contributed by atoms with E-state index in [1.165, 1.54) is 12.1 Å². The monoisotopic (exact) mass is 497 g/mol. The molecule has 2 aromatic rings. The first-order valence-corrected chi connectivity index (χ1v) is 14.0. The van der Waals surface area contributed by atoms with Gasteiger partial charge in [0.05, 0.1) is 24.5 Å². The van der Waals surface area contributed by atoms with E-state index in [1.54, 1.807) is 0 Å². The van der Waals surface area contributed by atoms with Crippen molar-refractivity contribution in [1.82, 2.24) is 0 Å². The summed E-state index contributed by atoms with van der Waals surface area (Å²) in [5, 5.41) is -0.403. The van der Waals surface area contributed by atoms with E-state index in [0.29, 0.717) is 18.8 Å². The molecular weight excluding hydrogens is 481 g/mol. The molecule has 2 rings (SSSR count). The number of fused-ring (bicyclic) bond motifs is 1. The Kier molecular flexibility index (Phi) is 7.47. The van der Waals surface area contributed by atoms with Gasteiger partial charge >= 0.3 is 39.7 Å². The number of sulfonamides is 2. The summed E-state index contributed by atoms with van der Waals surface area (Å²) in [5.74, 6) is -0.800. The van der Waals surface area contributed by atoms with Crippen molar-refractivity contribution in [2.75, 3.05) is 22.5 Å². The first-order chi connectivity index (χ1) is 12.4. The first-order valence-electron chi connectivity index (χ1n) is 7.06. The summed E-state index contributed by atoms with van der Waals surface area (Å²) in [6.07, 6.45) is 1.92. The molecule has 29 heavy (non-hydrogen) atoms. The molecule has 0 aliphatic rings. The molecule has 0 aromatic heterocycles. The summed E-state index contributed by atoms with van der Waals surface area (Å²) in [5.41, 5.74) is -0.386. The van der Waals surface area contributed by atoms with E-state index in [0.717, 1.165) is 18.2 Å². The van der Waals surface area contributed by atoms with Crippen LogP contribution in [0, 0.1) is 0 Å². The molecular formula is C13H16NNaO10S4. The molecule has 0 aliphatic carbocycles. The van der Waals surface area contributed by atoms with Gasteiger partial charge in [0, 0.05) is 10.8 Å². The second-order valence-corrected chi connectivity index (χ2v) is 12.6. The number of anilines is 1. The average molecular weight is 498 g/mol. The molecule has 0 atom stereocenters. The summed E-state index contributed by atoms with van der Waals surface area (Å²) in [7, 11) is -17.9. The van der Waals surface area contributed by atoms with Crippen molar-refractivity contribution in [2.24, 2.45) is 0 Å². The van der Waals surface area contributed by atoms with Crippen LogP contribution in [-0.4, -0.2) is 86.5 Å². The van der Waals surface area contributed by atoms with Crippen molar-refractivity contribution >= 4 is 86.3 Å². The summed E-state index contributed by atoms with van der Waals surface area (Å²) < 4.78 is 109. The Balaban J connectivity index is 0.00000420. The van der Waals surface area contributed by atoms with Crippen LogP contribution in [-0.2, 0) is 40.3 Å². The standard InChI is InChI=1S/C13H15NO10S4.Na.H/c1-25(15,16)14(26(2,17)18)11-6-4-5-10-9(11)7-8-12(28(21,22)23)13(10)24-27(3,19)20;;/h4-8H,1-3H3,(H,21,22,23);;. The predicted molar refractivity (Wildman–Crippen MR) is 109 cm³/mol. The van der Waals surface area contributed by atoms with Crippen LogP contribution < -0.4 is 7.89 Å². The van der Waals surface area contributed by atoms with E-state index >= 15 is 0 Å². The van der Waals surface area contributed by atoms with E-state index in [9.17, 15) is 38.2 Å². The SMILES string of the molecule is CS(=O)(=O)Oc1c(S(=O)(=O)O)ccc2c(N(S(C)(=O)=O)S(C)(=O)=O)cccc12.[NaH]. The van der Waals surface area contributed by atoms with E-state index in [2.05, 4.69) is 0 Å². The van der Waals surface area contributed by atoms with Gasteiger partial charge in [-0.2, -0.15) is 20.5 Å². The van der Waals surface area contributed by atoms with Crippen molar-refractivity contribution < 1.29 is 42.4 Å². The van der Waals surface area contributed by atoms with Crippen molar-refractivity contribution in [3.8, 4) is 5.75 Å². The molecule has 0 unspecified atom stereocenters. The van der Waals surface area contributed by atoms with Crippen LogP contribution in [0.3, 0.4) is 0 Å². The van der Waals surface area contributed by atoms with Gasteiger partial charge in [-0.1, -0.05) is 18.2 Å². The molecule has 158 valence electrons. The van der Waals surface area contributed by atoms with Crippen molar-refractivity contribution in [1.29, 1.82) is 0 Å². The van der Waals surface area contributed by atoms with Gasteiger partial charge in [0.2, 0.25) is 20.0 Å². The fourth-order valence-corrected chi connectivity index (χ4v) is 6.66. The number of hydrogen-bond donors (Lipinski definition) is 1. The molecule has 11 nitrogen and oxygen atoms in total. The summed E-state index contributed by atoms with van der Waals surface area (Å²) >= 11 is 0. The third-order valence-corrected chi connectivity index (χ3v) is 7.83. The molecule has 1 N–H and O–H groups in total. The first kappa shape index (κ1) is 26.1. The Labute approximate surface area is 190 Å². The van der Waals surface area contributed by atoms with Gasteiger partial charge in [0.25, 0.3) is 10.1 Å². The van der Waals surface area contributed by atoms with Crippen LogP contribution in [0.4, 0.5) is 5.69 Å². The number of rotatable bonds is 6. The van der Waals surface area contributed by atoms with Crippen LogP contribution >= 0.6 is 0 Å². The van der Waals surface area contributed by atoms with Crippen LogP contribution in [0.5, 0.6) is 5.75 Å². The van der Waals surface area contributed by atoms with E-state index in [-0.39, 0.29) is 49.7 Å². The van der Waals surface area contributed by atoms with Gasteiger partial charge < -0.3 is 4.18 Å². The summed E-state index contributed by atoms with van der Waals surface area (Å²) in [6, 6.07) is 5.26. The number of benzene rings is 2. The van der Waals surface area contributed by atoms with Crippen LogP contribution in [0.2, 0.25) is 0 Å². The topological polar surface area (TPSA) is 169 Å². The molecule has 0 saturated carbocycles. The van der Waals surface area contributed by atoms with Crippen LogP contribution in [0.15, 0.2) is 35.2 Å². The molecule has 0 heterocycles. The third-order valence-electron chi connectivity index (χ3n) is 3.26. The van der Waals surface area contributed by atoms with Gasteiger partial charge in [-0.3, -0.25) is 4.55 Å². The summed E-state index contributed by atoms with van der Waals surface area (Å²) in [4.78, 5) is -0.896. The minimum atomic E-state index is -4.93. The van der Waals surface area contributed by atoms with E-state index in [1.807, 2.05) is 0 Å². The quantitative estimate of drug-likeness (QED) is 0.312. The Bertz CT molecular complexity index is 1350. The Morgan fingerprint density at radius 2 is 1.31 bits per heavy atom. The second-order valence-electron chi connectivity index (χ2n) is 5.75. The normalized spacial score (nSPS) is 13.0. The number of nitrogens with zero attached hydrogens (tertiary/aromatic N) is 1. The maximum absolute atomic E-state index is 12.0. The van der Waals surface area contributed by atoms with Gasteiger partial charge in [-0.05, 0) is 12.1 Å². The Morgan fingerprint density at radius 3 is 1.72 bits per heavy atom. The zero-order valence-corrected chi connectivity index (χ0v) is 17.9.